The zero-order chi connectivity index (χ0) is 30.3. The van der Waals surface area contributed by atoms with Gasteiger partial charge in [-0.05, 0) is 60.4 Å². The smallest absolute Gasteiger partial charge is 0.203 e. The Labute approximate surface area is 256 Å². The maximum absolute atomic E-state index is 15.2. The fraction of sp³-hybridized carbons (Fsp3) is 0.194. The van der Waals surface area contributed by atoms with Crippen molar-refractivity contribution in [2.24, 2.45) is 5.10 Å². The van der Waals surface area contributed by atoms with Crippen molar-refractivity contribution in [3.8, 4) is 22.9 Å². The zero-order valence-electron chi connectivity index (χ0n) is 24.8. The minimum absolute atomic E-state index is 0.0294. The van der Waals surface area contributed by atoms with Crippen molar-refractivity contribution >= 4 is 17.2 Å². The molecule has 8 heteroatoms. The monoisotopic (exact) mass is 584 g/mol. The van der Waals surface area contributed by atoms with E-state index in [-0.39, 0.29) is 5.78 Å². The molecule has 2 unspecified atom stereocenters. The highest BCUT2D eigenvalue weighted by Gasteiger charge is 2.60. The second-order valence-corrected chi connectivity index (χ2v) is 10.9. The van der Waals surface area contributed by atoms with Crippen LogP contribution in [0.4, 0.5) is 5.69 Å². The lowest BCUT2D eigenvalue weighted by Crippen LogP contribution is -2.56. The molecule has 0 saturated heterocycles. The molecule has 44 heavy (non-hydrogen) atoms. The van der Waals surface area contributed by atoms with E-state index in [2.05, 4.69) is 0 Å². The zero-order valence-corrected chi connectivity index (χ0v) is 24.8. The van der Waals surface area contributed by atoms with E-state index in [1.807, 2.05) is 113 Å². The molecule has 0 saturated carbocycles. The summed E-state index contributed by atoms with van der Waals surface area (Å²) in [6.07, 6.45) is 2.84. The standard InChI is InChI=1S/C36H32N4O4/c1-42-30-21-25(22-31(43-2)34(30)44-3)32-33(24-13-7-4-8-14-24)38-40(27-17-11-6-12-18-27)36(32)20-19-29-28(35(36)41)23-37-39(29)26-15-9-5-10-16-26/h4-18,21-23,32H,19-20H2,1-3H3. The molecule has 7 rings (SSSR count). The van der Waals surface area contributed by atoms with E-state index in [1.165, 1.54) is 0 Å². The number of aromatic nitrogens is 2. The molecule has 1 aromatic heterocycles. The fourth-order valence-corrected chi connectivity index (χ4v) is 6.72. The number of hydrogen-bond acceptors (Lipinski definition) is 7. The van der Waals surface area contributed by atoms with Gasteiger partial charge in [-0.15, -0.1) is 0 Å². The average Bonchev–Trinajstić information content (AvgIpc) is 3.68. The van der Waals surface area contributed by atoms with Crippen molar-refractivity contribution in [1.82, 2.24) is 9.78 Å². The number of ether oxygens (including phenoxy) is 3. The summed E-state index contributed by atoms with van der Waals surface area (Å²) in [6, 6.07) is 33.8. The summed E-state index contributed by atoms with van der Waals surface area (Å²) in [5.74, 6) is 1.02. The van der Waals surface area contributed by atoms with E-state index in [1.54, 1.807) is 27.5 Å². The van der Waals surface area contributed by atoms with E-state index in [9.17, 15) is 0 Å². The lowest BCUT2D eigenvalue weighted by molar-refractivity contribution is 0.0855. The van der Waals surface area contributed by atoms with Gasteiger partial charge in [-0.1, -0.05) is 66.7 Å². The molecular weight excluding hydrogens is 552 g/mol. The van der Waals surface area contributed by atoms with E-state index in [4.69, 9.17) is 24.4 Å². The molecule has 2 atom stereocenters. The van der Waals surface area contributed by atoms with Gasteiger partial charge in [-0.25, -0.2) is 4.68 Å². The van der Waals surface area contributed by atoms with Gasteiger partial charge in [0.05, 0.1) is 61.8 Å². The molecule has 0 radical (unpaired) electrons. The van der Waals surface area contributed by atoms with Crippen LogP contribution < -0.4 is 19.2 Å². The molecule has 2 aliphatic rings. The van der Waals surface area contributed by atoms with Crippen LogP contribution in [0.15, 0.2) is 114 Å². The summed E-state index contributed by atoms with van der Waals surface area (Å²) in [5.41, 5.74) is 4.73. The Balaban J connectivity index is 1.49. The fourth-order valence-electron chi connectivity index (χ4n) is 6.72. The van der Waals surface area contributed by atoms with Gasteiger partial charge in [0.15, 0.2) is 17.3 Å². The molecular formula is C36H32N4O4. The first-order chi connectivity index (χ1) is 21.6. The number of methoxy groups -OCH3 is 3. The molecule has 1 spiro atoms. The second-order valence-electron chi connectivity index (χ2n) is 10.9. The topological polar surface area (TPSA) is 78.2 Å². The number of hydrazone groups is 1. The number of fused-ring (bicyclic) bond motifs is 1. The van der Waals surface area contributed by atoms with Gasteiger partial charge in [-0.2, -0.15) is 10.2 Å². The third kappa shape index (κ3) is 4.17. The number of para-hydroxylation sites is 2. The van der Waals surface area contributed by atoms with Crippen molar-refractivity contribution in [3.05, 3.63) is 132 Å². The van der Waals surface area contributed by atoms with Crippen molar-refractivity contribution in [2.75, 3.05) is 26.3 Å². The van der Waals surface area contributed by atoms with Crippen LogP contribution in [0, 0.1) is 0 Å². The maximum Gasteiger partial charge on any atom is 0.203 e. The Morgan fingerprint density at radius 2 is 1.36 bits per heavy atom. The van der Waals surface area contributed by atoms with E-state index in [0.29, 0.717) is 35.7 Å². The summed E-state index contributed by atoms with van der Waals surface area (Å²) < 4.78 is 19.1. The highest BCUT2D eigenvalue weighted by molar-refractivity contribution is 6.18. The number of Topliss-reactive ketones (excluding diaryl/α,β-unsaturated/α-hetero) is 1. The molecule has 0 fully saturated rings. The quantitative estimate of drug-likeness (QED) is 0.218. The minimum Gasteiger partial charge on any atom is -0.493 e. The SMILES string of the molecule is COc1cc(C2C(c3ccccc3)=NN(c3ccccc3)C23CCc2c(cnn2-c2ccccc2)C3=O)cc(OC)c1OC. The summed E-state index contributed by atoms with van der Waals surface area (Å²) in [6.45, 7) is 0. The van der Waals surface area contributed by atoms with Gasteiger partial charge in [0.2, 0.25) is 5.75 Å². The number of nitrogens with zero attached hydrogens (tertiary/aromatic N) is 4. The summed E-state index contributed by atoms with van der Waals surface area (Å²) >= 11 is 0. The number of benzene rings is 4. The lowest BCUT2D eigenvalue weighted by atomic mass is 9.66. The molecule has 0 bridgehead atoms. The van der Waals surface area contributed by atoms with E-state index >= 15 is 4.79 Å². The molecule has 1 aliphatic heterocycles. The Morgan fingerprint density at radius 3 is 1.95 bits per heavy atom. The Kier molecular flexibility index (Phi) is 6.89. The first-order valence-electron chi connectivity index (χ1n) is 14.6. The van der Waals surface area contributed by atoms with Crippen molar-refractivity contribution < 1.29 is 19.0 Å². The molecule has 4 aromatic carbocycles. The number of carbonyl (C=O) groups is 1. The van der Waals surface area contributed by atoms with Gasteiger partial charge in [0.25, 0.3) is 0 Å². The molecule has 8 nitrogen and oxygen atoms in total. The van der Waals surface area contributed by atoms with Crippen molar-refractivity contribution in [2.45, 2.75) is 24.3 Å². The summed E-state index contributed by atoms with van der Waals surface area (Å²) in [5, 5.41) is 11.9. The van der Waals surface area contributed by atoms with Crippen LogP contribution in [0.5, 0.6) is 17.2 Å². The largest absolute Gasteiger partial charge is 0.493 e. The Bertz CT molecular complexity index is 1830. The second kappa shape index (κ2) is 11.0. The third-order valence-electron chi connectivity index (χ3n) is 8.68. The maximum atomic E-state index is 15.2. The highest BCUT2D eigenvalue weighted by Crippen LogP contribution is 2.53. The summed E-state index contributed by atoms with van der Waals surface area (Å²) in [7, 11) is 4.79. The highest BCUT2D eigenvalue weighted by atomic mass is 16.5. The van der Waals surface area contributed by atoms with Gasteiger partial charge < -0.3 is 14.2 Å². The van der Waals surface area contributed by atoms with E-state index < -0.39 is 11.5 Å². The van der Waals surface area contributed by atoms with Crippen LogP contribution in [-0.2, 0) is 6.42 Å². The minimum atomic E-state index is -1.09. The van der Waals surface area contributed by atoms with Crippen LogP contribution in [0.1, 0.15) is 39.5 Å². The van der Waals surface area contributed by atoms with Crippen LogP contribution in [-0.4, -0.2) is 48.1 Å². The van der Waals surface area contributed by atoms with Crippen molar-refractivity contribution in [1.29, 1.82) is 0 Å². The molecule has 5 aromatic rings. The number of anilines is 1. The van der Waals surface area contributed by atoms with Crippen LogP contribution in [0.3, 0.4) is 0 Å². The molecule has 0 amide bonds. The van der Waals surface area contributed by atoms with Gasteiger partial charge in [-0.3, -0.25) is 9.80 Å². The lowest BCUT2D eigenvalue weighted by Gasteiger charge is -2.43. The predicted octanol–water partition coefficient (Wildman–Crippen LogP) is 6.47. The average molecular weight is 585 g/mol. The van der Waals surface area contributed by atoms with Gasteiger partial charge in [0.1, 0.15) is 5.54 Å². The number of hydrogen-bond donors (Lipinski definition) is 0. The van der Waals surface area contributed by atoms with E-state index in [0.717, 1.165) is 33.9 Å². The molecule has 220 valence electrons. The Hall–Kier alpha value is -5.37. The van der Waals surface area contributed by atoms with Crippen molar-refractivity contribution in [3.63, 3.8) is 0 Å². The predicted molar refractivity (Wildman–Crippen MR) is 170 cm³/mol. The molecule has 1 aliphatic carbocycles. The van der Waals surface area contributed by atoms with Crippen LogP contribution in [0.2, 0.25) is 0 Å². The Morgan fingerprint density at radius 1 is 0.773 bits per heavy atom. The summed E-state index contributed by atoms with van der Waals surface area (Å²) in [4.78, 5) is 15.2. The number of rotatable bonds is 7. The number of carbonyl (C=O) groups excluding carboxylic acids is 1. The molecule has 2 heterocycles. The first-order valence-corrected chi connectivity index (χ1v) is 14.6. The third-order valence-corrected chi connectivity index (χ3v) is 8.68. The number of ketones is 1. The van der Waals surface area contributed by atoms with Gasteiger partial charge >= 0.3 is 0 Å². The normalized spacial score (nSPS) is 19.1. The first kappa shape index (κ1) is 27.5. The molecule has 0 N–H and O–H groups in total. The van der Waals surface area contributed by atoms with Gasteiger partial charge in [0, 0.05) is 0 Å². The van der Waals surface area contributed by atoms with Crippen LogP contribution in [0.25, 0.3) is 5.69 Å². The van der Waals surface area contributed by atoms with Crippen LogP contribution >= 0.6 is 0 Å².